The first kappa shape index (κ1) is 13.3. The first-order chi connectivity index (χ1) is 8.01. The van der Waals surface area contributed by atoms with Gasteiger partial charge >= 0.3 is 12.0 Å². The van der Waals surface area contributed by atoms with Gasteiger partial charge in [0.2, 0.25) is 0 Å². The van der Waals surface area contributed by atoms with Crippen LogP contribution in [-0.2, 0) is 4.79 Å². The average molecular weight is 240 g/mol. The lowest BCUT2D eigenvalue weighted by Crippen LogP contribution is -2.48. The number of hydrogen-bond acceptors (Lipinski definition) is 3. The zero-order valence-electron chi connectivity index (χ0n) is 9.67. The highest BCUT2D eigenvalue weighted by molar-refractivity contribution is 5.83. The van der Waals surface area contributed by atoms with Crippen LogP contribution in [-0.4, -0.2) is 63.8 Å². The maximum atomic E-state index is 12.0. The molecule has 1 aliphatic heterocycles. The predicted octanol–water partition coefficient (Wildman–Crippen LogP) is -0.419. The second-order valence-electron chi connectivity index (χ2n) is 3.90. The molecule has 0 unspecified atom stereocenters. The third-order valence-electron chi connectivity index (χ3n) is 2.74. The number of carbonyl (C=O) groups excluding carboxylic acids is 1. The van der Waals surface area contributed by atoms with Crippen LogP contribution in [0.1, 0.15) is 13.3 Å². The molecule has 6 heteroatoms. The molecule has 1 aliphatic rings. The molecule has 0 aromatic carbocycles. The van der Waals surface area contributed by atoms with E-state index in [4.69, 9.17) is 11.5 Å². The normalized spacial score (nSPS) is 23.2. The lowest BCUT2D eigenvalue weighted by Gasteiger charge is -2.28. The Labute approximate surface area is 99.8 Å². The molecule has 2 amide bonds. The number of terminal acetylenes is 1. The van der Waals surface area contributed by atoms with E-state index in [-0.39, 0.29) is 19.5 Å². The number of rotatable bonds is 3. The first-order valence-corrected chi connectivity index (χ1v) is 5.41. The van der Waals surface area contributed by atoms with Crippen LogP contribution in [0.2, 0.25) is 0 Å². The van der Waals surface area contributed by atoms with Gasteiger partial charge in [0.25, 0.3) is 0 Å². The van der Waals surface area contributed by atoms with E-state index in [1.54, 1.807) is 6.92 Å². The number of hydrogen-bond donors (Lipinski definition) is 2. The maximum Gasteiger partial charge on any atom is 0.326 e. The number of aliphatic hydroxyl groups is 1. The monoisotopic (exact) mass is 240 g/mol. The molecular weight excluding hydrogens is 224 g/mol. The highest BCUT2D eigenvalue weighted by Gasteiger charge is 2.40. The number of carbonyl (C=O) groups is 2. The molecule has 0 aromatic rings. The SMILES string of the molecule is C#CCN(CC)C(=O)N1C[C@H](O)C[C@H]1C(=O)O. The summed E-state index contributed by atoms with van der Waals surface area (Å²) in [5.41, 5.74) is 0. The molecule has 0 bridgehead atoms. The molecule has 2 atom stereocenters. The van der Waals surface area contributed by atoms with Gasteiger partial charge in [-0.15, -0.1) is 6.42 Å². The van der Waals surface area contributed by atoms with E-state index >= 15 is 0 Å². The third-order valence-corrected chi connectivity index (χ3v) is 2.74. The summed E-state index contributed by atoms with van der Waals surface area (Å²) in [7, 11) is 0. The second kappa shape index (κ2) is 5.55. The van der Waals surface area contributed by atoms with E-state index in [1.165, 1.54) is 4.90 Å². The molecule has 6 nitrogen and oxygen atoms in total. The van der Waals surface area contributed by atoms with Crippen molar-refractivity contribution in [2.24, 2.45) is 0 Å². The van der Waals surface area contributed by atoms with Gasteiger partial charge in [0.05, 0.1) is 12.6 Å². The number of aliphatic hydroxyl groups excluding tert-OH is 1. The molecule has 0 radical (unpaired) electrons. The molecular formula is C11H16N2O4. The number of aliphatic carboxylic acids is 1. The topological polar surface area (TPSA) is 81.1 Å². The number of likely N-dealkylation sites (tertiary alicyclic amines) is 1. The standard InChI is InChI=1S/C11H16N2O4/c1-3-5-12(4-2)11(17)13-7-8(14)6-9(13)10(15)16/h1,8-9,14H,4-7H2,2H3,(H,15,16)/t8-,9+/m1/s1. The van der Waals surface area contributed by atoms with Crippen molar-refractivity contribution >= 4 is 12.0 Å². The van der Waals surface area contributed by atoms with Gasteiger partial charge in [-0.05, 0) is 6.92 Å². The Hall–Kier alpha value is -1.74. The summed E-state index contributed by atoms with van der Waals surface area (Å²) in [6, 6.07) is -1.40. The van der Waals surface area contributed by atoms with Gasteiger partial charge < -0.3 is 20.0 Å². The Balaban J connectivity index is 2.79. The van der Waals surface area contributed by atoms with Crippen LogP contribution in [0, 0.1) is 12.3 Å². The lowest BCUT2D eigenvalue weighted by molar-refractivity contribution is -0.141. The van der Waals surface area contributed by atoms with Crippen LogP contribution < -0.4 is 0 Å². The van der Waals surface area contributed by atoms with Crippen molar-refractivity contribution < 1.29 is 19.8 Å². The minimum absolute atomic E-state index is 0.0386. The average Bonchev–Trinajstić information content (AvgIpc) is 2.67. The van der Waals surface area contributed by atoms with Crippen molar-refractivity contribution in [2.45, 2.75) is 25.5 Å². The molecule has 17 heavy (non-hydrogen) atoms. The van der Waals surface area contributed by atoms with E-state index in [2.05, 4.69) is 5.92 Å². The fourth-order valence-electron chi connectivity index (χ4n) is 1.87. The summed E-state index contributed by atoms with van der Waals surface area (Å²) in [5.74, 6) is 1.24. The summed E-state index contributed by atoms with van der Waals surface area (Å²) >= 11 is 0. The smallest absolute Gasteiger partial charge is 0.326 e. The van der Waals surface area contributed by atoms with Crippen LogP contribution in [0.15, 0.2) is 0 Å². The van der Waals surface area contributed by atoms with Gasteiger partial charge in [0.1, 0.15) is 6.04 Å². The largest absolute Gasteiger partial charge is 0.480 e. The zero-order valence-corrected chi connectivity index (χ0v) is 9.67. The molecule has 1 heterocycles. The maximum absolute atomic E-state index is 12.0. The summed E-state index contributed by atoms with van der Waals surface area (Å²) in [6.45, 7) is 2.34. The molecule has 94 valence electrons. The number of amides is 2. The minimum Gasteiger partial charge on any atom is -0.480 e. The Morgan fingerprint density at radius 2 is 2.24 bits per heavy atom. The van der Waals surface area contributed by atoms with Crippen molar-refractivity contribution in [2.75, 3.05) is 19.6 Å². The summed E-state index contributed by atoms with van der Waals surface area (Å²) in [5, 5.41) is 18.4. The Kier molecular flexibility index (Phi) is 4.35. The molecule has 0 aromatic heterocycles. The van der Waals surface area contributed by atoms with Crippen LogP contribution in [0.25, 0.3) is 0 Å². The highest BCUT2D eigenvalue weighted by Crippen LogP contribution is 2.19. The van der Waals surface area contributed by atoms with Gasteiger partial charge in [0.15, 0.2) is 0 Å². The molecule has 0 saturated carbocycles. The molecule has 1 rings (SSSR count). The predicted molar refractivity (Wildman–Crippen MR) is 60.2 cm³/mol. The fraction of sp³-hybridized carbons (Fsp3) is 0.636. The lowest BCUT2D eigenvalue weighted by atomic mass is 10.2. The van der Waals surface area contributed by atoms with Gasteiger partial charge in [-0.1, -0.05) is 5.92 Å². The van der Waals surface area contributed by atoms with Crippen LogP contribution >= 0.6 is 0 Å². The van der Waals surface area contributed by atoms with Crippen molar-refractivity contribution in [3.05, 3.63) is 0 Å². The molecule has 2 N–H and O–H groups in total. The van der Waals surface area contributed by atoms with E-state index < -0.39 is 24.1 Å². The van der Waals surface area contributed by atoms with Crippen LogP contribution in [0.4, 0.5) is 4.79 Å². The molecule has 1 saturated heterocycles. The van der Waals surface area contributed by atoms with Crippen molar-refractivity contribution in [1.82, 2.24) is 9.80 Å². The van der Waals surface area contributed by atoms with Gasteiger partial charge in [-0.25, -0.2) is 9.59 Å². The van der Waals surface area contributed by atoms with E-state index in [0.717, 1.165) is 4.90 Å². The number of carboxylic acids is 1. The first-order valence-electron chi connectivity index (χ1n) is 5.41. The number of carboxylic acid groups (broad SMARTS) is 1. The van der Waals surface area contributed by atoms with Crippen LogP contribution in [0.3, 0.4) is 0 Å². The third kappa shape index (κ3) is 2.88. The number of β-amino-alcohol motifs (C(OH)–C–C–N with tert-alkyl or cyclic N) is 1. The summed E-state index contributed by atoms with van der Waals surface area (Å²) in [4.78, 5) is 25.5. The Morgan fingerprint density at radius 3 is 2.71 bits per heavy atom. The van der Waals surface area contributed by atoms with Gasteiger partial charge in [0, 0.05) is 19.5 Å². The van der Waals surface area contributed by atoms with E-state index in [9.17, 15) is 14.7 Å². The molecule has 1 fully saturated rings. The van der Waals surface area contributed by atoms with Gasteiger partial charge in [-0.2, -0.15) is 0 Å². The quantitative estimate of drug-likeness (QED) is 0.657. The zero-order chi connectivity index (χ0) is 13.0. The van der Waals surface area contributed by atoms with Crippen LogP contribution in [0.5, 0.6) is 0 Å². The Bertz CT molecular complexity index is 350. The Morgan fingerprint density at radius 1 is 1.59 bits per heavy atom. The molecule has 0 spiro atoms. The van der Waals surface area contributed by atoms with Crippen molar-refractivity contribution in [3.63, 3.8) is 0 Å². The number of nitrogens with zero attached hydrogens (tertiary/aromatic N) is 2. The second-order valence-corrected chi connectivity index (χ2v) is 3.90. The number of urea groups is 1. The highest BCUT2D eigenvalue weighted by atomic mass is 16.4. The summed E-state index contributed by atoms with van der Waals surface area (Å²) < 4.78 is 0. The van der Waals surface area contributed by atoms with Crippen molar-refractivity contribution in [3.8, 4) is 12.3 Å². The van der Waals surface area contributed by atoms with E-state index in [1.807, 2.05) is 0 Å². The fourth-order valence-corrected chi connectivity index (χ4v) is 1.87. The summed E-state index contributed by atoms with van der Waals surface area (Å²) in [6.07, 6.45) is 4.41. The molecule has 0 aliphatic carbocycles. The minimum atomic E-state index is -1.10. The van der Waals surface area contributed by atoms with Crippen molar-refractivity contribution in [1.29, 1.82) is 0 Å². The van der Waals surface area contributed by atoms with E-state index in [0.29, 0.717) is 6.54 Å². The van der Waals surface area contributed by atoms with Gasteiger partial charge in [-0.3, -0.25) is 0 Å².